The molecule has 2 aromatic carbocycles. The maximum atomic E-state index is 13.9. The van der Waals surface area contributed by atoms with Crippen LogP contribution < -0.4 is 11.5 Å². The topological polar surface area (TPSA) is 52.0 Å². The molecule has 2 nitrogen and oxygen atoms in total. The normalized spacial score (nSPS) is 15.0. The van der Waals surface area contributed by atoms with Gasteiger partial charge in [-0.3, -0.25) is 0 Å². The highest BCUT2D eigenvalue weighted by molar-refractivity contribution is 5.34. The van der Waals surface area contributed by atoms with Crippen molar-refractivity contribution in [2.24, 2.45) is 11.5 Å². The molecule has 0 radical (unpaired) electrons. The second-order valence-corrected chi connectivity index (χ2v) is 5.52. The minimum atomic E-state index is -4.77. The van der Waals surface area contributed by atoms with E-state index in [1.807, 2.05) is 0 Å². The van der Waals surface area contributed by atoms with Crippen LogP contribution in [0.1, 0.15) is 34.3 Å². The van der Waals surface area contributed by atoms with Gasteiger partial charge in [-0.15, -0.1) is 0 Å². The maximum absolute atomic E-state index is 13.9. The Morgan fingerprint density at radius 3 is 1.15 bits per heavy atom. The van der Waals surface area contributed by atoms with Crippen molar-refractivity contribution in [3.05, 3.63) is 70.3 Å². The van der Waals surface area contributed by atoms with Crippen molar-refractivity contribution in [3.8, 4) is 0 Å². The Kier molecular flexibility index (Phi) is 5.29. The molecule has 0 amide bonds. The highest BCUT2D eigenvalue weighted by Gasteiger charge is 2.34. The molecule has 10 heteroatoms. The van der Waals surface area contributed by atoms with Gasteiger partial charge in [0.05, 0.1) is 23.2 Å². The first-order valence-corrected chi connectivity index (χ1v) is 7.07. The van der Waals surface area contributed by atoms with E-state index >= 15 is 0 Å². The summed E-state index contributed by atoms with van der Waals surface area (Å²) in [6.07, 6.45) is -9.55. The lowest BCUT2D eigenvalue weighted by molar-refractivity contribution is -0.138. The smallest absolute Gasteiger partial charge is 0.322 e. The molecule has 142 valence electrons. The molecule has 0 aliphatic carbocycles. The van der Waals surface area contributed by atoms with Gasteiger partial charge in [-0.2, -0.15) is 26.3 Å². The molecule has 0 aliphatic heterocycles. The predicted molar refractivity (Wildman–Crippen MR) is 76.7 cm³/mol. The second kappa shape index (κ2) is 6.84. The zero-order valence-electron chi connectivity index (χ0n) is 12.8. The second-order valence-electron chi connectivity index (χ2n) is 5.52. The summed E-state index contributed by atoms with van der Waals surface area (Å²) in [5.41, 5.74) is 8.02. The maximum Gasteiger partial charge on any atom is 0.416 e. The number of hydrogen-bond donors (Lipinski definition) is 2. The van der Waals surface area contributed by atoms with Crippen LogP contribution in [0.3, 0.4) is 0 Å². The Morgan fingerprint density at radius 2 is 0.923 bits per heavy atom. The molecular formula is C16H12F8N2. The summed E-state index contributed by atoms with van der Waals surface area (Å²) in [7, 11) is 0. The molecular weight excluding hydrogens is 372 g/mol. The molecule has 2 atom stereocenters. The van der Waals surface area contributed by atoms with Crippen molar-refractivity contribution >= 4 is 0 Å². The van der Waals surface area contributed by atoms with E-state index in [4.69, 9.17) is 11.5 Å². The molecule has 0 bridgehead atoms. The SMILES string of the molecule is NC(c1ccc(C(F)(F)F)cc1F)C(N)c1ccc(C(F)(F)F)cc1F. The van der Waals surface area contributed by atoms with Gasteiger partial charge < -0.3 is 11.5 Å². The van der Waals surface area contributed by atoms with E-state index in [-0.39, 0.29) is 12.1 Å². The van der Waals surface area contributed by atoms with Crippen molar-refractivity contribution in [2.75, 3.05) is 0 Å². The third kappa shape index (κ3) is 4.13. The Hall–Kier alpha value is -2.20. The van der Waals surface area contributed by atoms with Gasteiger partial charge in [-0.1, -0.05) is 12.1 Å². The van der Waals surface area contributed by atoms with Crippen LogP contribution in [0.4, 0.5) is 35.1 Å². The summed E-state index contributed by atoms with van der Waals surface area (Å²) >= 11 is 0. The quantitative estimate of drug-likeness (QED) is 0.754. The predicted octanol–water partition coefficient (Wildman–Crippen LogP) is 4.70. The average Bonchev–Trinajstić information content (AvgIpc) is 2.51. The molecule has 0 aromatic heterocycles. The highest BCUT2D eigenvalue weighted by atomic mass is 19.4. The average molecular weight is 384 g/mol. The molecule has 2 aromatic rings. The minimum Gasteiger partial charge on any atom is -0.322 e. The first-order chi connectivity index (χ1) is 11.8. The third-order valence-corrected chi connectivity index (χ3v) is 3.76. The molecule has 0 aliphatic rings. The van der Waals surface area contributed by atoms with Crippen LogP contribution in [-0.2, 0) is 12.4 Å². The fraction of sp³-hybridized carbons (Fsp3) is 0.250. The molecule has 0 spiro atoms. The van der Waals surface area contributed by atoms with E-state index in [2.05, 4.69) is 0 Å². The van der Waals surface area contributed by atoms with E-state index in [0.717, 1.165) is 12.1 Å². The first-order valence-electron chi connectivity index (χ1n) is 7.07. The van der Waals surface area contributed by atoms with E-state index in [1.54, 1.807) is 0 Å². The van der Waals surface area contributed by atoms with Crippen molar-refractivity contribution in [3.63, 3.8) is 0 Å². The zero-order chi connectivity index (χ0) is 19.9. The standard InChI is InChI=1S/C16H12F8N2/c17-11-5-7(15(19,20)21)1-3-9(11)13(25)14(26)10-4-2-8(6-12(10)18)16(22,23)24/h1-6,13-14H,25-26H2. The number of rotatable bonds is 3. The van der Waals surface area contributed by atoms with Crippen LogP contribution in [0.25, 0.3) is 0 Å². The number of alkyl halides is 6. The molecule has 2 unspecified atom stereocenters. The monoisotopic (exact) mass is 384 g/mol. The van der Waals surface area contributed by atoms with Crippen LogP contribution in [0.5, 0.6) is 0 Å². The number of halogens is 8. The van der Waals surface area contributed by atoms with Crippen molar-refractivity contribution in [1.82, 2.24) is 0 Å². The lowest BCUT2D eigenvalue weighted by Crippen LogP contribution is -2.28. The lowest BCUT2D eigenvalue weighted by Gasteiger charge is -2.22. The van der Waals surface area contributed by atoms with Crippen LogP contribution >= 0.6 is 0 Å². The van der Waals surface area contributed by atoms with Crippen molar-refractivity contribution in [1.29, 1.82) is 0 Å². The number of nitrogens with two attached hydrogens (primary N) is 2. The third-order valence-electron chi connectivity index (χ3n) is 3.76. The summed E-state index contributed by atoms with van der Waals surface area (Å²) in [6, 6.07) is 0.125. The van der Waals surface area contributed by atoms with Crippen molar-refractivity contribution < 1.29 is 35.1 Å². The van der Waals surface area contributed by atoms with Gasteiger partial charge in [0.15, 0.2) is 0 Å². The van der Waals surface area contributed by atoms with Gasteiger partial charge in [0.25, 0.3) is 0 Å². The molecule has 2 rings (SSSR count). The summed E-state index contributed by atoms with van der Waals surface area (Å²) in [6.45, 7) is 0. The van der Waals surface area contributed by atoms with Gasteiger partial charge in [-0.25, -0.2) is 8.78 Å². The Balaban J connectivity index is 2.34. The Morgan fingerprint density at radius 1 is 0.615 bits per heavy atom. The van der Waals surface area contributed by atoms with Crippen molar-refractivity contribution in [2.45, 2.75) is 24.4 Å². The van der Waals surface area contributed by atoms with E-state index < -0.39 is 58.3 Å². The zero-order valence-corrected chi connectivity index (χ0v) is 12.8. The molecule has 26 heavy (non-hydrogen) atoms. The lowest BCUT2D eigenvalue weighted by atomic mass is 9.92. The molecule has 0 heterocycles. The fourth-order valence-corrected chi connectivity index (χ4v) is 2.33. The van der Waals surface area contributed by atoms with Crippen LogP contribution in [0, 0.1) is 11.6 Å². The van der Waals surface area contributed by atoms with E-state index in [0.29, 0.717) is 12.1 Å². The highest BCUT2D eigenvalue weighted by Crippen LogP contribution is 2.35. The molecule has 0 saturated heterocycles. The summed E-state index contributed by atoms with van der Waals surface area (Å²) < 4.78 is 103. The Bertz CT molecular complexity index is 730. The Labute approximate surface area is 142 Å². The van der Waals surface area contributed by atoms with Gasteiger partial charge in [0.1, 0.15) is 11.6 Å². The van der Waals surface area contributed by atoms with Gasteiger partial charge in [0, 0.05) is 11.1 Å². The van der Waals surface area contributed by atoms with Crippen LogP contribution in [0.2, 0.25) is 0 Å². The summed E-state index contributed by atoms with van der Waals surface area (Å²) in [5.74, 6) is -2.62. The largest absolute Gasteiger partial charge is 0.416 e. The van der Waals surface area contributed by atoms with Crippen LogP contribution in [-0.4, -0.2) is 0 Å². The van der Waals surface area contributed by atoms with Gasteiger partial charge >= 0.3 is 12.4 Å². The number of hydrogen-bond acceptors (Lipinski definition) is 2. The molecule has 4 N–H and O–H groups in total. The van der Waals surface area contributed by atoms with E-state index in [1.165, 1.54) is 0 Å². The van der Waals surface area contributed by atoms with Gasteiger partial charge in [-0.05, 0) is 24.3 Å². The fourth-order valence-electron chi connectivity index (χ4n) is 2.33. The first kappa shape index (κ1) is 20.1. The molecule has 0 fully saturated rings. The minimum absolute atomic E-state index is 0.213. The van der Waals surface area contributed by atoms with E-state index in [9.17, 15) is 35.1 Å². The number of benzene rings is 2. The molecule has 0 saturated carbocycles. The van der Waals surface area contributed by atoms with Gasteiger partial charge in [0.2, 0.25) is 0 Å². The van der Waals surface area contributed by atoms with Crippen LogP contribution in [0.15, 0.2) is 36.4 Å². The summed E-state index contributed by atoms with van der Waals surface area (Å²) in [5, 5.41) is 0. The summed E-state index contributed by atoms with van der Waals surface area (Å²) in [4.78, 5) is 0.